The summed E-state index contributed by atoms with van der Waals surface area (Å²) in [4.78, 5) is 16.7. The minimum absolute atomic E-state index is 0.0116. The summed E-state index contributed by atoms with van der Waals surface area (Å²) in [5, 5.41) is 2.97. The Labute approximate surface area is 154 Å². The largest absolute Gasteiger partial charge is 0.369 e. The van der Waals surface area contributed by atoms with Gasteiger partial charge in [-0.3, -0.25) is 9.69 Å². The van der Waals surface area contributed by atoms with E-state index in [1.54, 1.807) is 12.1 Å². The highest BCUT2D eigenvalue weighted by atomic mass is 19.1. The van der Waals surface area contributed by atoms with Crippen LogP contribution in [0.2, 0.25) is 0 Å². The quantitative estimate of drug-likeness (QED) is 0.888. The minimum atomic E-state index is -0.217. The van der Waals surface area contributed by atoms with E-state index in [0.29, 0.717) is 12.5 Å². The van der Waals surface area contributed by atoms with Gasteiger partial charge in [0.1, 0.15) is 5.82 Å². The van der Waals surface area contributed by atoms with Gasteiger partial charge < -0.3 is 10.2 Å². The predicted molar refractivity (Wildman–Crippen MR) is 104 cm³/mol. The maximum Gasteiger partial charge on any atom is 0.238 e. The molecule has 138 valence electrons. The van der Waals surface area contributed by atoms with Crippen molar-refractivity contribution in [2.45, 2.75) is 19.8 Å². The summed E-state index contributed by atoms with van der Waals surface area (Å²) in [6, 6.07) is 14.6. The number of hydrogen-bond donors (Lipinski definition) is 1. The molecule has 0 radical (unpaired) electrons. The molecule has 2 aromatic carbocycles. The number of halogens is 1. The number of nitrogens with one attached hydrogen (secondary N) is 1. The molecule has 5 heteroatoms. The Hall–Kier alpha value is -2.40. The number of amides is 1. The van der Waals surface area contributed by atoms with E-state index in [-0.39, 0.29) is 11.7 Å². The van der Waals surface area contributed by atoms with Crippen LogP contribution in [0.15, 0.2) is 48.5 Å². The third-order valence-electron chi connectivity index (χ3n) is 4.79. The summed E-state index contributed by atoms with van der Waals surface area (Å²) in [5.41, 5.74) is 3.13. The van der Waals surface area contributed by atoms with E-state index in [1.807, 2.05) is 12.1 Å². The molecule has 0 aliphatic carbocycles. The van der Waals surface area contributed by atoms with Crippen molar-refractivity contribution in [2.24, 2.45) is 0 Å². The van der Waals surface area contributed by atoms with Crippen LogP contribution in [0.4, 0.5) is 15.8 Å². The van der Waals surface area contributed by atoms with E-state index >= 15 is 0 Å². The maximum atomic E-state index is 13.0. The van der Waals surface area contributed by atoms with Gasteiger partial charge in [0.15, 0.2) is 0 Å². The summed E-state index contributed by atoms with van der Waals surface area (Å²) in [6.07, 6.45) is 0. The smallest absolute Gasteiger partial charge is 0.238 e. The maximum absolute atomic E-state index is 13.0. The van der Waals surface area contributed by atoms with Crippen LogP contribution in [0.25, 0.3) is 0 Å². The first-order chi connectivity index (χ1) is 12.5. The molecule has 3 rings (SSSR count). The average Bonchev–Trinajstić information content (AvgIpc) is 2.63. The number of carbonyl (C=O) groups excluding carboxylic acids is 1. The summed E-state index contributed by atoms with van der Waals surface area (Å²) in [6.45, 7) is 8.00. The van der Waals surface area contributed by atoms with Gasteiger partial charge in [0.05, 0.1) is 6.54 Å². The molecule has 0 saturated carbocycles. The van der Waals surface area contributed by atoms with Crippen molar-refractivity contribution in [2.75, 3.05) is 42.9 Å². The lowest BCUT2D eigenvalue weighted by molar-refractivity contribution is -0.117. The first-order valence-corrected chi connectivity index (χ1v) is 9.14. The number of nitrogens with zero attached hydrogens (tertiary/aromatic N) is 2. The monoisotopic (exact) mass is 355 g/mol. The van der Waals surface area contributed by atoms with Gasteiger partial charge in [-0.2, -0.15) is 0 Å². The molecule has 1 N–H and O–H groups in total. The zero-order valence-corrected chi connectivity index (χ0v) is 15.4. The van der Waals surface area contributed by atoms with Gasteiger partial charge in [0.2, 0.25) is 5.91 Å². The van der Waals surface area contributed by atoms with Crippen molar-refractivity contribution >= 4 is 17.3 Å². The molecule has 1 heterocycles. The van der Waals surface area contributed by atoms with Crippen molar-refractivity contribution in [3.8, 4) is 0 Å². The van der Waals surface area contributed by atoms with Crippen molar-refractivity contribution in [3.05, 3.63) is 59.9 Å². The van der Waals surface area contributed by atoms with Crippen LogP contribution in [-0.4, -0.2) is 43.5 Å². The lowest BCUT2D eigenvalue weighted by Crippen LogP contribution is -2.48. The van der Waals surface area contributed by atoms with Crippen LogP contribution in [-0.2, 0) is 4.79 Å². The molecule has 0 atom stereocenters. The highest BCUT2D eigenvalue weighted by Gasteiger charge is 2.19. The van der Waals surface area contributed by atoms with Crippen molar-refractivity contribution in [3.63, 3.8) is 0 Å². The Morgan fingerprint density at radius 3 is 2.19 bits per heavy atom. The molecule has 1 saturated heterocycles. The standard InChI is InChI=1S/C21H26FN3O/c1-16(2)17-3-7-19(8-4-17)23-21(26)15-24-11-13-25(14-12-24)20-9-5-18(22)6-10-20/h3-10,16H,11-15H2,1-2H3,(H,23,26). The van der Waals surface area contributed by atoms with Crippen LogP contribution in [0.1, 0.15) is 25.3 Å². The number of piperazine rings is 1. The van der Waals surface area contributed by atoms with E-state index < -0.39 is 0 Å². The SMILES string of the molecule is CC(C)c1ccc(NC(=O)CN2CCN(c3ccc(F)cc3)CC2)cc1. The van der Waals surface area contributed by atoms with Gasteiger partial charge in [-0.15, -0.1) is 0 Å². The molecule has 0 aromatic heterocycles. The third kappa shape index (κ3) is 4.82. The Balaban J connectivity index is 1.46. The average molecular weight is 355 g/mol. The molecule has 1 aliphatic rings. The zero-order chi connectivity index (χ0) is 18.5. The number of carbonyl (C=O) groups is 1. The lowest BCUT2D eigenvalue weighted by atomic mass is 10.0. The third-order valence-corrected chi connectivity index (χ3v) is 4.79. The molecular weight excluding hydrogens is 329 g/mol. The van der Waals surface area contributed by atoms with Crippen molar-refractivity contribution in [1.29, 1.82) is 0 Å². The summed E-state index contributed by atoms with van der Waals surface area (Å²) < 4.78 is 13.0. The number of rotatable bonds is 5. The molecule has 26 heavy (non-hydrogen) atoms. The molecule has 0 spiro atoms. The molecule has 2 aromatic rings. The Bertz CT molecular complexity index is 720. The Morgan fingerprint density at radius 2 is 1.62 bits per heavy atom. The second kappa shape index (κ2) is 8.32. The Morgan fingerprint density at radius 1 is 1.00 bits per heavy atom. The van der Waals surface area contributed by atoms with Crippen LogP contribution in [0.3, 0.4) is 0 Å². The van der Waals surface area contributed by atoms with E-state index in [1.165, 1.54) is 17.7 Å². The molecule has 1 fully saturated rings. The van der Waals surface area contributed by atoms with Crippen molar-refractivity contribution < 1.29 is 9.18 Å². The number of anilines is 2. The fourth-order valence-electron chi connectivity index (χ4n) is 3.17. The van der Waals surface area contributed by atoms with Gasteiger partial charge >= 0.3 is 0 Å². The molecule has 1 aliphatic heterocycles. The number of hydrogen-bond acceptors (Lipinski definition) is 3. The van der Waals surface area contributed by atoms with Crippen LogP contribution in [0.5, 0.6) is 0 Å². The normalized spacial score (nSPS) is 15.3. The van der Waals surface area contributed by atoms with Crippen LogP contribution >= 0.6 is 0 Å². The molecule has 1 amide bonds. The molecule has 0 bridgehead atoms. The lowest BCUT2D eigenvalue weighted by Gasteiger charge is -2.35. The molecule has 0 unspecified atom stereocenters. The second-order valence-electron chi connectivity index (χ2n) is 7.06. The second-order valence-corrected chi connectivity index (χ2v) is 7.06. The highest BCUT2D eigenvalue weighted by molar-refractivity contribution is 5.92. The van der Waals surface area contributed by atoms with Gasteiger partial charge in [0, 0.05) is 37.6 Å². The first-order valence-electron chi connectivity index (χ1n) is 9.14. The van der Waals surface area contributed by atoms with E-state index in [4.69, 9.17) is 0 Å². The van der Waals surface area contributed by atoms with Gasteiger partial charge in [-0.25, -0.2) is 4.39 Å². The van der Waals surface area contributed by atoms with Crippen LogP contribution in [0, 0.1) is 5.82 Å². The first kappa shape index (κ1) is 18.4. The highest BCUT2D eigenvalue weighted by Crippen LogP contribution is 2.18. The van der Waals surface area contributed by atoms with E-state index in [2.05, 4.69) is 41.1 Å². The van der Waals surface area contributed by atoms with E-state index in [0.717, 1.165) is 37.6 Å². The molecular formula is C21H26FN3O. The summed E-state index contributed by atoms with van der Waals surface area (Å²) in [5.74, 6) is 0.278. The number of benzene rings is 2. The van der Waals surface area contributed by atoms with Crippen LogP contribution < -0.4 is 10.2 Å². The van der Waals surface area contributed by atoms with Gasteiger partial charge in [-0.05, 0) is 47.9 Å². The topological polar surface area (TPSA) is 35.6 Å². The van der Waals surface area contributed by atoms with Gasteiger partial charge in [-0.1, -0.05) is 26.0 Å². The fraction of sp³-hybridized carbons (Fsp3) is 0.381. The fourth-order valence-corrected chi connectivity index (χ4v) is 3.17. The molecule has 4 nitrogen and oxygen atoms in total. The summed E-state index contributed by atoms with van der Waals surface area (Å²) >= 11 is 0. The minimum Gasteiger partial charge on any atom is -0.369 e. The predicted octanol–water partition coefficient (Wildman–Crippen LogP) is 3.71. The van der Waals surface area contributed by atoms with Gasteiger partial charge in [0.25, 0.3) is 0 Å². The van der Waals surface area contributed by atoms with Crippen molar-refractivity contribution in [1.82, 2.24) is 4.90 Å². The Kier molecular flexibility index (Phi) is 5.89. The van der Waals surface area contributed by atoms with E-state index in [9.17, 15) is 9.18 Å². The zero-order valence-electron chi connectivity index (χ0n) is 15.4. The summed E-state index contributed by atoms with van der Waals surface area (Å²) in [7, 11) is 0.